The molecule has 0 saturated carbocycles. The standard InChI is InChI=1S/C12H16O/c1-9-4-3-5-11-6-10(8-13)7-12(9,11)2/h3,5,7-9,11H,4,6H2,1-2H3. The highest BCUT2D eigenvalue weighted by Crippen LogP contribution is 2.50. The molecule has 0 heterocycles. The van der Waals surface area contributed by atoms with Gasteiger partial charge in [-0.25, -0.2) is 0 Å². The lowest BCUT2D eigenvalue weighted by Gasteiger charge is -2.37. The van der Waals surface area contributed by atoms with E-state index < -0.39 is 0 Å². The van der Waals surface area contributed by atoms with Crippen LogP contribution in [0.15, 0.2) is 23.8 Å². The van der Waals surface area contributed by atoms with Crippen LogP contribution in [0.4, 0.5) is 0 Å². The minimum Gasteiger partial charge on any atom is -0.298 e. The fraction of sp³-hybridized carbons (Fsp3) is 0.583. The molecule has 13 heavy (non-hydrogen) atoms. The molecular formula is C12H16O. The first-order valence-corrected chi connectivity index (χ1v) is 5.00. The van der Waals surface area contributed by atoms with Crippen LogP contribution < -0.4 is 0 Å². The Kier molecular flexibility index (Phi) is 1.90. The van der Waals surface area contributed by atoms with Crippen molar-refractivity contribution in [2.24, 2.45) is 17.3 Å². The highest BCUT2D eigenvalue weighted by molar-refractivity contribution is 5.74. The first kappa shape index (κ1) is 8.74. The zero-order chi connectivity index (χ0) is 9.47. The minimum atomic E-state index is 0.241. The van der Waals surface area contributed by atoms with Crippen molar-refractivity contribution in [2.75, 3.05) is 0 Å². The zero-order valence-corrected chi connectivity index (χ0v) is 8.29. The molecule has 2 aliphatic rings. The lowest BCUT2D eigenvalue weighted by Crippen LogP contribution is -2.30. The second-order valence-electron chi connectivity index (χ2n) is 4.58. The highest BCUT2D eigenvalue weighted by atomic mass is 16.1. The summed E-state index contributed by atoms with van der Waals surface area (Å²) in [6.07, 6.45) is 9.85. The summed E-state index contributed by atoms with van der Waals surface area (Å²) in [6.45, 7) is 4.56. The molecule has 0 bridgehead atoms. The van der Waals surface area contributed by atoms with Crippen LogP contribution in [0.5, 0.6) is 0 Å². The molecular weight excluding hydrogens is 160 g/mol. The number of carbonyl (C=O) groups excluding carboxylic acids is 1. The van der Waals surface area contributed by atoms with Crippen LogP contribution in [0, 0.1) is 17.3 Å². The van der Waals surface area contributed by atoms with Crippen LogP contribution in [-0.2, 0) is 4.79 Å². The van der Waals surface area contributed by atoms with Crippen molar-refractivity contribution in [2.45, 2.75) is 26.7 Å². The molecule has 0 aromatic heterocycles. The molecule has 2 aliphatic carbocycles. The third-order valence-electron chi connectivity index (χ3n) is 3.82. The van der Waals surface area contributed by atoms with E-state index in [0.717, 1.165) is 24.7 Å². The summed E-state index contributed by atoms with van der Waals surface area (Å²) >= 11 is 0. The van der Waals surface area contributed by atoms with Gasteiger partial charge in [0.1, 0.15) is 6.29 Å². The monoisotopic (exact) mass is 176 g/mol. The number of hydrogen-bond donors (Lipinski definition) is 0. The molecule has 0 aromatic rings. The fourth-order valence-corrected chi connectivity index (χ4v) is 2.61. The van der Waals surface area contributed by atoms with Gasteiger partial charge in [0.05, 0.1) is 0 Å². The van der Waals surface area contributed by atoms with E-state index >= 15 is 0 Å². The predicted molar refractivity (Wildman–Crippen MR) is 53.3 cm³/mol. The normalized spacial score (nSPS) is 42.8. The van der Waals surface area contributed by atoms with Crippen LogP contribution in [0.2, 0.25) is 0 Å². The largest absolute Gasteiger partial charge is 0.298 e. The van der Waals surface area contributed by atoms with Gasteiger partial charge in [-0.1, -0.05) is 32.1 Å². The average Bonchev–Trinajstić information content (AvgIpc) is 2.45. The smallest absolute Gasteiger partial charge is 0.145 e. The molecule has 0 N–H and O–H groups in total. The van der Waals surface area contributed by atoms with Gasteiger partial charge in [-0.05, 0) is 35.7 Å². The van der Waals surface area contributed by atoms with E-state index in [1.807, 2.05) is 0 Å². The van der Waals surface area contributed by atoms with E-state index in [9.17, 15) is 4.79 Å². The number of allylic oxidation sites excluding steroid dienone is 4. The second kappa shape index (κ2) is 2.83. The van der Waals surface area contributed by atoms with Crippen molar-refractivity contribution in [1.82, 2.24) is 0 Å². The molecule has 0 radical (unpaired) electrons. The van der Waals surface area contributed by atoms with Gasteiger partial charge in [-0.15, -0.1) is 0 Å². The number of aldehydes is 1. The topological polar surface area (TPSA) is 17.1 Å². The lowest BCUT2D eigenvalue weighted by atomic mass is 9.67. The lowest BCUT2D eigenvalue weighted by molar-refractivity contribution is -0.105. The number of hydrogen-bond acceptors (Lipinski definition) is 1. The average molecular weight is 176 g/mol. The molecule has 0 fully saturated rings. The molecule has 2 rings (SSSR count). The summed E-state index contributed by atoms with van der Waals surface area (Å²) < 4.78 is 0. The highest BCUT2D eigenvalue weighted by Gasteiger charge is 2.41. The van der Waals surface area contributed by atoms with Gasteiger partial charge >= 0.3 is 0 Å². The van der Waals surface area contributed by atoms with Crippen LogP contribution in [0.25, 0.3) is 0 Å². The summed E-state index contributed by atoms with van der Waals surface area (Å²) in [4.78, 5) is 10.7. The Balaban J connectivity index is 2.36. The van der Waals surface area contributed by atoms with E-state index in [-0.39, 0.29) is 5.41 Å². The summed E-state index contributed by atoms with van der Waals surface area (Å²) in [5.74, 6) is 1.23. The fourth-order valence-electron chi connectivity index (χ4n) is 2.61. The number of carbonyl (C=O) groups is 1. The molecule has 0 aromatic carbocycles. The maximum atomic E-state index is 10.7. The molecule has 70 valence electrons. The van der Waals surface area contributed by atoms with E-state index in [1.165, 1.54) is 0 Å². The van der Waals surface area contributed by atoms with Gasteiger partial charge in [-0.2, -0.15) is 0 Å². The number of fused-ring (bicyclic) bond motifs is 1. The first-order valence-electron chi connectivity index (χ1n) is 5.00. The molecule has 0 spiro atoms. The third kappa shape index (κ3) is 1.18. The summed E-state index contributed by atoms with van der Waals surface area (Å²) in [7, 11) is 0. The molecule has 1 heteroatoms. The van der Waals surface area contributed by atoms with Crippen LogP contribution in [0.1, 0.15) is 26.7 Å². The minimum absolute atomic E-state index is 0.241. The summed E-state index contributed by atoms with van der Waals surface area (Å²) in [6, 6.07) is 0. The molecule has 0 amide bonds. The Labute approximate surface area is 79.5 Å². The van der Waals surface area contributed by atoms with Crippen molar-refractivity contribution in [3.8, 4) is 0 Å². The van der Waals surface area contributed by atoms with Gasteiger partial charge in [-0.3, -0.25) is 4.79 Å². The van der Waals surface area contributed by atoms with Crippen molar-refractivity contribution in [1.29, 1.82) is 0 Å². The molecule has 0 saturated heterocycles. The van der Waals surface area contributed by atoms with Gasteiger partial charge in [0.2, 0.25) is 0 Å². The Morgan fingerprint density at radius 1 is 1.62 bits per heavy atom. The molecule has 3 unspecified atom stereocenters. The van der Waals surface area contributed by atoms with Crippen molar-refractivity contribution >= 4 is 6.29 Å². The van der Waals surface area contributed by atoms with Gasteiger partial charge < -0.3 is 0 Å². The third-order valence-corrected chi connectivity index (χ3v) is 3.82. The maximum absolute atomic E-state index is 10.7. The molecule has 0 aliphatic heterocycles. The van der Waals surface area contributed by atoms with Crippen molar-refractivity contribution in [3.63, 3.8) is 0 Å². The first-order chi connectivity index (χ1) is 6.16. The van der Waals surface area contributed by atoms with Crippen LogP contribution in [-0.4, -0.2) is 6.29 Å². The summed E-state index contributed by atoms with van der Waals surface area (Å²) in [5, 5.41) is 0. The Hall–Kier alpha value is -0.850. The van der Waals surface area contributed by atoms with Crippen molar-refractivity contribution in [3.05, 3.63) is 23.8 Å². The summed E-state index contributed by atoms with van der Waals surface area (Å²) in [5.41, 5.74) is 1.23. The predicted octanol–water partition coefficient (Wildman–Crippen LogP) is 2.73. The maximum Gasteiger partial charge on any atom is 0.145 e. The molecule has 3 atom stereocenters. The quantitative estimate of drug-likeness (QED) is 0.443. The van der Waals surface area contributed by atoms with Gasteiger partial charge in [0, 0.05) is 0 Å². The number of rotatable bonds is 1. The van der Waals surface area contributed by atoms with Crippen molar-refractivity contribution < 1.29 is 4.79 Å². The van der Waals surface area contributed by atoms with Gasteiger partial charge in [0.25, 0.3) is 0 Å². The van der Waals surface area contributed by atoms with E-state index in [0.29, 0.717) is 11.8 Å². The van der Waals surface area contributed by atoms with Gasteiger partial charge in [0.15, 0.2) is 0 Å². The molecule has 1 nitrogen and oxygen atoms in total. The Bertz CT molecular complexity index is 287. The second-order valence-corrected chi connectivity index (χ2v) is 4.58. The zero-order valence-electron chi connectivity index (χ0n) is 8.29. The Morgan fingerprint density at radius 3 is 3.00 bits per heavy atom. The Morgan fingerprint density at radius 2 is 2.38 bits per heavy atom. The SMILES string of the molecule is CC1CC=CC2CC(C=O)=CC12C. The van der Waals surface area contributed by atoms with Crippen LogP contribution in [0.3, 0.4) is 0 Å². The van der Waals surface area contributed by atoms with E-state index in [2.05, 4.69) is 32.1 Å². The van der Waals surface area contributed by atoms with Crippen LogP contribution >= 0.6 is 0 Å². The van der Waals surface area contributed by atoms with E-state index in [4.69, 9.17) is 0 Å². The van der Waals surface area contributed by atoms with E-state index in [1.54, 1.807) is 0 Å².